The maximum atomic E-state index is 12.8. The van der Waals surface area contributed by atoms with Crippen molar-refractivity contribution >= 4 is 32.7 Å². The van der Waals surface area contributed by atoms with Gasteiger partial charge in [-0.1, -0.05) is 30.8 Å². The molecular weight excluding hydrogens is 422 g/mol. The van der Waals surface area contributed by atoms with E-state index in [1.54, 1.807) is 38.1 Å². The van der Waals surface area contributed by atoms with Crippen LogP contribution in [0.2, 0.25) is 0 Å². The van der Waals surface area contributed by atoms with Crippen LogP contribution < -0.4 is 14.9 Å². The van der Waals surface area contributed by atoms with E-state index in [-0.39, 0.29) is 11.5 Å². The zero-order valence-corrected chi connectivity index (χ0v) is 18.4. The van der Waals surface area contributed by atoms with E-state index >= 15 is 0 Å². The van der Waals surface area contributed by atoms with Crippen LogP contribution >= 0.6 is 0 Å². The number of rotatable bonds is 10. The van der Waals surface area contributed by atoms with E-state index in [0.717, 1.165) is 4.85 Å². The number of sulfonamides is 1. The minimum atomic E-state index is -3.65. The zero-order chi connectivity index (χ0) is 22.4. The maximum absolute atomic E-state index is 12.8. The number of carbonyl (C=O) groups is 1. The van der Waals surface area contributed by atoms with Crippen LogP contribution in [-0.4, -0.2) is 60.1 Å². The third-order valence-electron chi connectivity index (χ3n) is 4.51. The van der Waals surface area contributed by atoms with Crippen molar-refractivity contribution in [2.24, 2.45) is 0 Å². The van der Waals surface area contributed by atoms with E-state index in [1.165, 1.54) is 16.4 Å². The summed E-state index contributed by atoms with van der Waals surface area (Å²) < 4.78 is 32.4. The van der Waals surface area contributed by atoms with Crippen LogP contribution in [0.25, 0.3) is 11.0 Å². The van der Waals surface area contributed by atoms with E-state index in [9.17, 15) is 13.2 Å². The number of anilines is 1. The lowest BCUT2D eigenvalue weighted by atomic mass is 10.3. The lowest BCUT2D eigenvalue weighted by molar-refractivity contribution is -0.121. The molecule has 0 fully saturated rings. The molecule has 1 N–H and O–H groups in total. The molecule has 0 spiro atoms. The first-order valence-corrected chi connectivity index (χ1v) is 11.3. The van der Waals surface area contributed by atoms with Gasteiger partial charge in [0.25, 0.3) is 5.91 Å². The fraction of sp³-hybridized carbons (Fsp3) is 0.350. The molecule has 3 rings (SSSR count). The number of nitrogens with zero attached hydrogens (tertiary/aromatic N) is 4. The van der Waals surface area contributed by atoms with Crippen LogP contribution in [0.4, 0.5) is 5.69 Å². The molecule has 10 nitrogen and oxygen atoms in total. The van der Waals surface area contributed by atoms with Crippen LogP contribution in [0.15, 0.2) is 47.4 Å². The monoisotopic (exact) mass is 447 g/mol. The molecule has 0 aliphatic heterocycles. The second kappa shape index (κ2) is 9.75. The summed E-state index contributed by atoms with van der Waals surface area (Å²) in [4.78, 5) is 18.9. The summed E-state index contributed by atoms with van der Waals surface area (Å²) in [6.07, 6.45) is 0. The second-order valence-corrected chi connectivity index (χ2v) is 8.39. The third-order valence-corrected chi connectivity index (χ3v) is 6.55. The highest BCUT2D eigenvalue weighted by molar-refractivity contribution is 7.89. The first-order valence-electron chi connectivity index (χ1n) is 9.91. The third kappa shape index (κ3) is 4.94. The van der Waals surface area contributed by atoms with E-state index in [1.807, 2.05) is 13.0 Å². The number of para-hydroxylation sites is 2. The number of benzene rings is 2. The van der Waals surface area contributed by atoms with Crippen LogP contribution in [0.1, 0.15) is 20.8 Å². The SMILES string of the molecule is CCOc1ccccc1NC(=O)COn1nnc2ccc(S(=O)(=O)N(CC)CC)cc21. The number of ether oxygens (including phenoxy) is 1. The molecule has 0 unspecified atom stereocenters. The molecule has 31 heavy (non-hydrogen) atoms. The summed E-state index contributed by atoms with van der Waals surface area (Å²) in [6, 6.07) is 11.5. The Morgan fingerprint density at radius 1 is 1.13 bits per heavy atom. The minimum absolute atomic E-state index is 0.103. The fourth-order valence-electron chi connectivity index (χ4n) is 3.00. The van der Waals surface area contributed by atoms with Gasteiger partial charge < -0.3 is 14.9 Å². The Labute approximate surface area is 180 Å². The van der Waals surface area contributed by atoms with Crippen LogP contribution in [0.5, 0.6) is 5.75 Å². The number of aromatic nitrogens is 3. The summed E-state index contributed by atoms with van der Waals surface area (Å²) in [7, 11) is -3.65. The molecule has 3 aromatic rings. The average molecular weight is 448 g/mol. The predicted octanol–water partition coefficient (Wildman–Crippen LogP) is 1.93. The molecule has 0 radical (unpaired) electrons. The van der Waals surface area contributed by atoms with Crippen LogP contribution in [-0.2, 0) is 14.8 Å². The van der Waals surface area contributed by atoms with Crippen molar-refractivity contribution in [1.82, 2.24) is 19.5 Å². The van der Waals surface area contributed by atoms with Gasteiger partial charge in [-0.05, 0) is 42.5 Å². The summed E-state index contributed by atoms with van der Waals surface area (Å²) in [5.74, 6) is 0.124. The molecule has 0 aliphatic rings. The highest BCUT2D eigenvalue weighted by Crippen LogP contribution is 2.23. The Bertz CT molecular complexity index is 1160. The second-order valence-electron chi connectivity index (χ2n) is 6.45. The standard InChI is InChI=1S/C20H25N5O5S/c1-4-24(5-2)31(27,28)15-11-12-16-18(13-15)25(23-22-16)30-14-20(26)21-17-9-7-8-10-19(17)29-6-3/h7-13H,4-6,14H2,1-3H3,(H,21,26). The van der Waals surface area contributed by atoms with Gasteiger partial charge in [-0.3, -0.25) is 4.79 Å². The molecule has 1 heterocycles. The molecule has 0 saturated carbocycles. The number of nitrogens with one attached hydrogen (secondary N) is 1. The first kappa shape index (κ1) is 22.5. The molecule has 0 bridgehead atoms. The van der Waals surface area contributed by atoms with Gasteiger partial charge in [0, 0.05) is 13.1 Å². The lowest BCUT2D eigenvalue weighted by Gasteiger charge is -2.18. The van der Waals surface area contributed by atoms with Gasteiger partial charge in [0.1, 0.15) is 16.8 Å². The molecule has 0 atom stereocenters. The predicted molar refractivity (Wildman–Crippen MR) is 115 cm³/mol. The number of carbonyl (C=O) groups excluding carboxylic acids is 1. The topological polar surface area (TPSA) is 116 Å². The zero-order valence-electron chi connectivity index (χ0n) is 17.6. The Kier molecular flexibility index (Phi) is 7.08. The number of fused-ring (bicyclic) bond motifs is 1. The summed E-state index contributed by atoms with van der Waals surface area (Å²) >= 11 is 0. The van der Waals surface area contributed by atoms with Crippen LogP contribution in [0, 0.1) is 0 Å². The highest BCUT2D eigenvalue weighted by Gasteiger charge is 2.23. The Balaban J connectivity index is 1.76. The van der Waals surface area contributed by atoms with Crippen molar-refractivity contribution in [1.29, 1.82) is 0 Å². The summed E-state index contributed by atoms with van der Waals surface area (Å²) in [5.41, 5.74) is 1.31. The van der Waals surface area contributed by atoms with Crippen LogP contribution in [0.3, 0.4) is 0 Å². The molecular formula is C20H25N5O5S. The highest BCUT2D eigenvalue weighted by atomic mass is 32.2. The molecule has 0 saturated heterocycles. The van der Waals surface area contributed by atoms with Gasteiger partial charge in [-0.2, -0.15) is 4.31 Å². The van der Waals surface area contributed by atoms with Gasteiger partial charge in [-0.15, -0.1) is 5.10 Å². The van der Waals surface area contributed by atoms with Crippen molar-refractivity contribution < 1.29 is 22.8 Å². The molecule has 0 aliphatic carbocycles. The Morgan fingerprint density at radius 2 is 1.87 bits per heavy atom. The largest absolute Gasteiger partial charge is 0.492 e. The Morgan fingerprint density at radius 3 is 2.58 bits per heavy atom. The maximum Gasteiger partial charge on any atom is 0.265 e. The quantitative estimate of drug-likeness (QED) is 0.505. The van der Waals surface area contributed by atoms with Gasteiger partial charge in [0.2, 0.25) is 10.0 Å². The smallest absolute Gasteiger partial charge is 0.265 e. The van der Waals surface area contributed by atoms with Crippen molar-refractivity contribution in [3.63, 3.8) is 0 Å². The number of hydrogen-bond acceptors (Lipinski definition) is 7. The summed E-state index contributed by atoms with van der Waals surface area (Å²) in [6.45, 7) is 6.22. The van der Waals surface area contributed by atoms with Gasteiger partial charge in [-0.25, -0.2) is 8.42 Å². The summed E-state index contributed by atoms with van der Waals surface area (Å²) in [5, 5.41) is 10.5. The van der Waals surface area contributed by atoms with Crippen molar-refractivity contribution in [2.75, 3.05) is 31.6 Å². The molecule has 1 aromatic heterocycles. The van der Waals surface area contributed by atoms with Crippen molar-refractivity contribution in [3.05, 3.63) is 42.5 Å². The number of amides is 1. The van der Waals surface area contributed by atoms with Gasteiger partial charge >= 0.3 is 0 Å². The minimum Gasteiger partial charge on any atom is -0.492 e. The fourth-order valence-corrected chi connectivity index (χ4v) is 4.48. The van der Waals surface area contributed by atoms with Gasteiger partial charge in [0.15, 0.2) is 6.61 Å². The normalized spacial score (nSPS) is 11.6. The molecule has 11 heteroatoms. The van der Waals surface area contributed by atoms with E-state index in [2.05, 4.69) is 15.6 Å². The molecule has 2 aromatic carbocycles. The Hall–Kier alpha value is -3.18. The van der Waals surface area contributed by atoms with E-state index in [4.69, 9.17) is 9.57 Å². The number of hydrogen-bond donors (Lipinski definition) is 1. The van der Waals surface area contributed by atoms with E-state index in [0.29, 0.717) is 42.2 Å². The van der Waals surface area contributed by atoms with Crippen molar-refractivity contribution in [3.8, 4) is 5.75 Å². The molecule has 166 valence electrons. The average Bonchev–Trinajstić information content (AvgIpc) is 3.17. The lowest BCUT2D eigenvalue weighted by Crippen LogP contribution is -2.30. The molecule has 1 amide bonds. The van der Waals surface area contributed by atoms with Gasteiger partial charge in [0.05, 0.1) is 17.2 Å². The van der Waals surface area contributed by atoms with E-state index < -0.39 is 15.9 Å². The van der Waals surface area contributed by atoms with Crippen molar-refractivity contribution in [2.45, 2.75) is 25.7 Å². The first-order chi connectivity index (χ1) is 14.9.